The molecule has 0 saturated heterocycles. The number of benzene rings is 3. The van der Waals surface area contributed by atoms with E-state index >= 15 is 0 Å². The van der Waals surface area contributed by atoms with Gasteiger partial charge in [-0.3, -0.25) is 9.52 Å². The van der Waals surface area contributed by atoms with Gasteiger partial charge in [-0.2, -0.15) is 0 Å². The third-order valence-electron chi connectivity index (χ3n) is 3.70. The maximum atomic E-state index is 12.7. The van der Waals surface area contributed by atoms with Gasteiger partial charge in [0.2, 0.25) is 0 Å². The number of hydrogen-bond donors (Lipinski definition) is 2. The van der Waals surface area contributed by atoms with Crippen molar-refractivity contribution < 1.29 is 13.2 Å². The Morgan fingerprint density at radius 2 is 1.54 bits per heavy atom. The first-order chi connectivity index (χ1) is 13.3. The monoisotopic (exact) mass is 454 g/mol. The van der Waals surface area contributed by atoms with Crippen LogP contribution in [0.5, 0.6) is 0 Å². The third kappa shape index (κ3) is 4.77. The summed E-state index contributed by atoms with van der Waals surface area (Å²) in [5.74, 6) is -0.541. The van der Waals surface area contributed by atoms with Crippen LogP contribution in [0, 0.1) is 0 Å². The molecule has 2 N–H and O–H groups in total. The molecule has 9 heteroatoms. The molecular formula is C19H13Cl3N2O3S. The summed E-state index contributed by atoms with van der Waals surface area (Å²) in [7, 11) is -3.90. The quantitative estimate of drug-likeness (QED) is 0.518. The lowest BCUT2D eigenvalue weighted by Crippen LogP contribution is -2.18. The molecule has 0 unspecified atom stereocenters. The second-order valence-corrected chi connectivity index (χ2v) is 8.62. The van der Waals surface area contributed by atoms with Crippen molar-refractivity contribution in [1.82, 2.24) is 0 Å². The second kappa shape index (κ2) is 8.41. The number of anilines is 2. The minimum Gasteiger partial charge on any atom is -0.322 e. The molecule has 0 radical (unpaired) electrons. The standard InChI is InChI=1S/C19H13Cl3N2O3S/c20-12-6-8-15(19(25)23-13-7-9-16(21)17(22)11-13)18(10-12)24-28(26,27)14-4-2-1-3-5-14/h1-11,24H,(H,23,25). The number of sulfonamides is 1. The molecular weight excluding hydrogens is 443 g/mol. The van der Waals surface area contributed by atoms with Gasteiger partial charge in [0.15, 0.2) is 0 Å². The summed E-state index contributed by atoms with van der Waals surface area (Å²) in [6, 6.07) is 16.7. The highest BCUT2D eigenvalue weighted by atomic mass is 35.5. The Balaban J connectivity index is 1.92. The van der Waals surface area contributed by atoms with Crippen LogP contribution in [0.25, 0.3) is 0 Å². The van der Waals surface area contributed by atoms with Gasteiger partial charge >= 0.3 is 0 Å². The topological polar surface area (TPSA) is 75.3 Å². The van der Waals surface area contributed by atoms with Gasteiger partial charge in [0.1, 0.15) is 0 Å². The summed E-state index contributed by atoms with van der Waals surface area (Å²) in [5.41, 5.74) is 0.551. The maximum absolute atomic E-state index is 12.7. The number of amides is 1. The molecule has 0 atom stereocenters. The minimum atomic E-state index is -3.90. The minimum absolute atomic E-state index is 0.0499. The Bertz CT molecular complexity index is 1140. The Morgan fingerprint density at radius 1 is 0.821 bits per heavy atom. The first-order valence-electron chi connectivity index (χ1n) is 7.90. The van der Waals surface area contributed by atoms with Crippen LogP contribution >= 0.6 is 34.8 Å². The molecule has 0 saturated carbocycles. The fourth-order valence-corrected chi connectivity index (χ4v) is 3.94. The molecule has 0 fully saturated rings. The lowest BCUT2D eigenvalue weighted by molar-refractivity contribution is 0.102. The molecule has 0 aliphatic carbocycles. The fraction of sp³-hybridized carbons (Fsp3) is 0. The first kappa shape index (κ1) is 20.5. The van der Waals surface area contributed by atoms with Gasteiger partial charge in [0, 0.05) is 10.7 Å². The SMILES string of the molecule is O=C(Nc1ccc(Cl)c(Cl)c1)c1ccc(Cl)cc1NS(=O)(=O)c1ccccc1. The van der Waals surface area contributed by atoms with Crippen LogP contribution in [0.3, 0.4) is 0 Å². The van der Waals surface area contributed by atoms with E-state index < -0.39 is 15.9 Å². The molecule has 3 aromatic carbocycles. The predicted molar refractivity (Wildman–Crippen MR) is 113 cm³/mol. The van der Waals surface area contributed by atoms with Crippen LogP contribution < -0.4 is 10.0 Å². The summed E-state index contributed by atoms with van der Waals surface area (Å²) < 4.78 is 27.6. The largest absolute Gasteiger partial charge is 0.322 e. The smallest absolute Gasteiger partial charge is 0.261 e. The fourth-order valence-electron chi connectivity index (χ4n) is 2.37. The lowest BCUT2D eigenvalue weighted by atomic mass is 10.1. The van der Waals surface area contributed by atoms with Crippen LogP contribution in [0.1, 0.15) is 10.4 Å². The van der Waals surface area contributed by atoms with E-state index in [2.05, 4.69) is 10.0 Å². The molecule has 0 aliphatic heterocycles. The van der Waals surface area contributed by atoms with Crippen LogP contribution in [-0.4, -0.2) is 14.3 Å². The predicted octanol–water partition coefficient (Wildman–Crippen LogP) is 5.70. The zero-order chi connectivity index (χ0) is 20.3. The van der Waals surface area contributed by atoms with Crippen molar-refractivity contribution in [3.8, 4) is 0 Å². The van der Waals surface area contributed by atoms with E-state index in [-0.39, 0.29) is 26.2 Å². The van der Waals surface area contributed by atoms with E-state index in [1.54, 1.807) is 30.3 Å². The van der Waals surface area contributed by atoms with Crippen molar-refractivity contribution in [2.45, 2.75) is 4.90 Å². The third-order valence-corrected chi connectivity index (χ3v) is 6.06. The van der Waals surface area contributed by atoms with E-state index in [0.29, 0.717) is 10.7 Å². The summed E-state index contributed by atoms with van der Waals surface area (Å²) in [5, 5.41) is 3.55. The maximum Gasteiger partial charge on any atom is 0.261 e. The number of nitrogens with one attached hydrogen (secondary N) is 2. The molecule has 144 valence electrons. The van der Waals surface area contributed by atoms with Gasteiger partial charge in [-0.05, 0) is 48.5 Å². The van der Waals surface area contributed by atoms with Gasteiger partial charge < -0.3 is 5.32 Å². The summed E-state index contributed by atoms with van der Waals surface area (Å²) in [4.78, 5) is 12.8. The Labute approximate surface area is 177 Å². The first-order valence-corrected chi connectivity index (χ1v) is 10.5. The Kier molecular flexibility index (Phi) is 6.15. The zero-order valence-corrected chi connectivity index (χ0v) is 17.2. The lowest BCUT2D eigenvalue weighted by Gasteiger charge is -2.13. The van der Waals surface area contributed by atoms with Crippen LogP contribution in [0.4, 0.5) is 11.4 Å². The molecule has 0 spiro atoms. The molecule has 0 aromatic heterocycles. The van der Waals surface area contributed by atoms with Gasteiger partial charge in [-0.1, -0.05) is 53.0 Å². The Hall–Kier alpha value is -2.25. The van der Waals surface area contributed by atoms with Crippen molar-refractivity contribution in [3.63, 3.8) is 0 Å². The van der Waals surface area contributed by atoms with E-state index in [1.165, 1.54) is 36.4 Å². The van der Waals surface area contributed by atoms with Gasteiger partial charge in [0.25, 0.3) is 15.9 Å². The second-order valence-electron chi connectivity index (χ2n) is 5.69. The average molecular weight is 456 g/mol. The summed E-state index contributed by atoms with van der Waals surface area (Å²) in [6.07, 6.45) is 0. The molecule has 1 amide bonds. The number of rotatable bonds is 5. The molecule has 0 bridgehead atoms. The van der Waals surface area contributed by atoms with Crippen molar-refractivity contribution in [2.75, 3.05) is 10.0 Å². The number of halogens is 3. The van der Waals surface area contributed by atoms with Gasteiger partial charge in [-0.25, -0.2) is 8.42 Å². The molecule has 0 aliphatic rings. The van der Waals surface area contributed by atoms with E-state index in [0.717, 1.165) is 0 Å². The van der Waals surface area contributed by atoms with Crippen LogP contribution in [0.2, 0.25) is 15.1 Å². The van der Waals surface area contributed by atoms with Gasteiger partial charge in [0.05, 0.1) is 26.2 Å². The van der Waals surface area contributed by atoms with E-state index in [9.17, 15) is 13.2 Å². The highest BCUT2D eigenvalue weighted by Crippen LogP contribution is 2.28. The molecule has 0 heterocycles. The van der Waals surface area contributed by atoms with E-state index in [1.807, 2.05) is 0 Å². The number of carbonyl (C=O) groups excluding carboxylic acids is 1. The molecule has 5 nitrogen and oxygen atoms in total. The Morgan fingerprint density at radius 3 is 2.21 bits per heavy atom. The highest BCUT2D eigenvalue weighted by Gasteiger charge is 2.19. The van der Waals surface area contributed by atoms with Gasteiger partial charge in [-0.15, -0.1) is 0 Å². The van der Waals surface area contributed by atoms with Crippen molar-refractivity contribution in [2.24, 2.45) is 0 Å². The molecule has 3 rings (SSSR count). The van der Waals surface area contributed by atoms with Crippen molar-refractivity contribution >= 4 is 62.1 Å². The normalized spacial score (nSPS) is 11.1. The summed E-state index contributed by atoms with van der Waals surface area (Å²) >= 11 is 17.8. The molecule has 3 aromatic rings. The zero-order valence-electron chi connectivity index (χ0n) is 14.1. The van der Waals surface area contributed by atoms with E-state index in [4.69, 9.17) is 34.8 Å². The average Bonchev–Trinajstić information content (AvgIpc) is 2.65. The van der Waals surface area contributed by atoms with Crippen LogP contribution in [0.15, 0.2) is 71.6 Å². The molecule has 28 heavy (non-hydrogen) atoms. The van der Waals surface area contributed by atoms with Crippen molar-refractivity contribution in [1.29, 1.82) is 0 Å². The van der Waals surface area contributed by atoms with Crippen LogP contribution in [-0.2, 0) is 10.0 Å². The van der Waals surface area contributed by atoms with Crippen molar-refractivity contribution in [3.05, 3.63) is 87.4 Å². The number of hydrogen-bond acceptors (Lipinski definition) is 3. The highest BCUT2D eigenvalue weighted by molar-refractivity contribution is 7.92. The number of carbonyl (C=O) groups is 1. The summed E-state index contributed by atoms with van der Waals surface area (Å²) in [6.45, 7) is 0.